The summed E-state index contributed by atoms with van der Waals surface area (Å²) >= 11 is 0. The van der Waals surface area contributed by atoms with Crippen molar-refractivity contribution in [2.45, 2.75) is 17.7 Å². The zero-order valence-corrected chi connectivity index (χ0v) is 12.0. The molecular weight excluding hydrogens is 264 g/mol. The van der Waals surface area contributed by atoms with Crippen molar-refractivity contribution in [2.75, 3.05) is 0 Å². The van der Waals surface area contributed by atoms with Gasteiger partial charge in [-0.2, -0.15) is 0 Å². The summed E-state index contributed by atoms with van der Waals surface area (Å²) in [4.78, 5) is 2.13. The first-order valence-corrected chi connectivity index (χ1v) is 8.58. The van der Waals surface area contributed by atoms with E-state index in [4.69, 9.17) is 0 Å². The van der Waals surface area contributed by atoms with E-state index < -0.39 is 10.8 Å². The zero-order chi connectivity index (χ0) is 13.3. The van der Waals surface area contributed by atoms with Crippen LogP contribution in [0.4, 0.5) is 0 Å². The highest BCUT2D eigenvalue weighted by Gasteiger charge is 2.51. The van der Waals surface area contributed by atoms with Crippen molar-refractivity contribution < 1.29 is 4.21 Å². The first-order chi connectivity index (χ1) is 9.83. The molecule has 4 bridgehead atoms. The Morgan fingerprint density at radius 1 is 0.900 bits per heavy atom. The van der Waals surface area contributed by atoms with Crippen LogP contribution in [0.3, 0.4) is 0 Å². The van der Waals surface area contributed by atoms with Gasteiger partial charge in [-0.05, 0) is 36.8 Å². The Bertz CT molecular complexity index is 710. The van der Waals surface area contributed by atoms with Crippen molar-refractivity contribution in [1.82, 2.24) is 0 Å². The van der Waals surface area contributed by atoms with Gasteiger partial charge in [-0.3, -0.25) is 0 Å². The van der Waals surface area contributed by atoms with Gasteiger partial charge in [0.15, 0.2) is 0 Å². The Hall–Kier alpha value is -1.41. The maximum Gasteiger partial charge on any atom is 0.0811 e. The Morgan fingerprint density at radius 3 is 2.45 bits per heavy atom. The van der Waals surface area contributed by atoms with E-state index in [1.54, 1.807) is 11.1 Å². The molecule has 0 heterocycles. The van der Waals surface area contributed by atoms with Crippen molar-refractivity contribution in [3.63, 3.8) is 0 Å². The normalized spacial score (nSPS) is 37.5. The fourth-order valence-corrected chi connectivity index (χ4v) is 6.10. The SMILES string of the molecule is O=[S@](C1=C[C@H]2C[C@@H]1C1=C2[C@H]2C=C[C@H]1C2)c1ccccc1. The van der Waals surface area contributed by atoms with E-state index in [0.717, 1.165) is 4.90 Å². The quantitative estimate of drug-likeness (QED) is 0.594. The fraction of sp³-hybridized carbons (Fsp3) is 0.333. The highest BCUT2D eigenvalue weighted by atomic mass is 32.2. The van der Waals surface area contributed by atoms with E-state index in [0.29, 0.717) is 23.7 Å². The summed E-state index contributed by atoms with van der Waals surface area (Å²) in [6.07, 6.45) is 9.57. The van der Waals surface area contributed by atoms with Crippen LogP contribution < -0.4 is 0 Å². The molecule has 1 nitrogen and oxygen atoms in total. The summed E-state index contributed by atoms with van der Waals surface area (Å²) in [5.41, 5.74) is 3.33. The molecule has 5 rings (SSSR count). The summed E-state index contributed by atoms with van der Waals surface area (Å²) < 4.78 is 12.8. The number of benzene rings is 1. The number of fused-ring (bicyclic) bond motifs is 8. The molecule has 0 saturated heterocycles. The highest BCUT2D eigenvalue weighted by molar-refractivity contribution is 7.89. The third kappa shape index (κ3) is 1.30. The molecule has 20 heavy (non-hydrogen) atoms. The molecule has 100 valence electrons. The minimum Gasteiger partial charge on any atom is -0.249 e. The summed E-state index contributed by atoms with van der Waals surface area (Å²) in [6.45, 7) is 0. The summed E-state index contributed by atoms with van der Waals surface area (Å²) in [6, 6.07) is 9.91. The van der Waals surface area contributed by atoms with Crippen LogP contribution in [-0.4, -0.2) is 4.21 Å². The van der Waals surface area contributed by atoms with Crippen LogP contribution in [-0.2, 0) is 10.8 Å². The van der Waals surface area contributed by atoms with E-state index in [-0.39, 0.29) is 0 Å². The number of hydrogen-bond acceptors (Lipinski definition) is 1. The number of allylic oxidation sites excluding steroid dienone is 6. The minimum atomic E-state index is -0.967. The second-order valence-electron chi connectivity index (χ2n) is 6.29. The lowest BCUT2D eigenvalue weighted by Gasteiger charge is -2.21. The Morgan fingerprint density at radius 2 is 1.65 bits per heavy atom. The third-order valence-electron chi connectivity index (χ3n) is 5.36. The van der Waals surface area contributed by atoms with E-state index in [2.05, 4.69) is 18.2 Å². The molecule has 1 aromatic rings. The molecular formula is C18H16OS. The molecule has 0 saturated carbocycles. The molecule has 0 fully saturated rings. The largest absolute Gasteiger partial charge is 0.249 e. The van der Waals surface area contributed by atoms with Gasteiger partial charge in [-0.1, -0.05) is 47.6 Å². The van der Waals surface area contributed by atoms with E-state index in [9.17, 15) is 4.21 Å². The van der Waals surface area contributed by atoms with Crippen molar-refractivity contribution in [1.29, 1.82) is 0 Å². The van der Waals surface area contributed by atoms with Crippen LogP contribution in [0.5, 0.6) is 0 Å². The molecule has 0 aliphatic heterocycles. The second kappa shape index (κ2) is 3.82. The van der Waals surface area contributed by atoms with Crippen LogP contribution in [0.15, 0.2) is 69.5 Å². The first-order valence-electron chi connectivity index (χ1n) is 7.43. The molecule has 0 spiro atoms. The molecule has 0 unspecified atom stereocenters. The minimum absolute atomic E-state index is 0.469. The molecule has 4 aliphatic rings. The van der Waals surface area contributed by atoms with Gasteiger partial charge >= 0.3 is 0 Å². The molecule has 1 aromatic carbocycles. The average molecular weight is 280 g/mol. The van der Waals surface area contributed by atoms with Gasteiger partial charge < -0.3 is 0 Å². The van der Waals surface area contributed by atoms with Crippen molar-refractivity contribution in [3.05, 3.63) is 64.6 Å². The van der Waals surface area contributed by atoms with Crippen LogP contribution in [0.2, 0.25) is 0 Å². The lowest BCUT2D eigenvalue weighted by atomic mass is 9.89. The van der Waals surface area contributed by atoms with Gasteiger partial charge in [0.25, 0.3) is 0 Å². The fourth-order valence-electron chi connectivity index (χ4n) is 4.66. The average Bonchev–Trinajstić information content (AvgIpc) is 3.24. The van der Waals surface area contributed by atoms with Crippen LogP contribution in [0, 0.1) is 23.7 Å². The van der Waals surface area contributed by atoms with E-state index in [1.807, 2.05) is 30.3 Å². The Balaban J connectivity index is 1.52. The van der Waals surface area contributed by atoms with Gasteiger partial charge in [0.1, 0.15) is 0 Å². The topological polar surface area (TPSA) is 17.1 Å². The summed E-state index contributed by atoms with van der Waals surface area (Å²) in [5.74, 6) is 2.41. The first kappa shape index (κ1) is 11.3. The molecule has 5 atom stereocenters. The molecule has 0 amide bonds. The Kier molecular flexibility index (Phi) is 2.15. The number of rotatable bonds is 2. The lowest BCUT2D eigenvalue weighted by molar-refractivity contribution is 0.571. The zero-order valence-electron chi connectivity index (χ0n) is 11.2. The highest BCUT2D eigenvalue weighted by Crippen LogP contribution is 2.61. The van der Waals surface area contributed by atoms with Gasteiger partial charge in [-0.25, -0.2) is 4.21 Å². The predicted octanol–water partition coefficient (Wildman–Crippen LogP) is 3.83. The molecule has 0 aromatic heterocycles. The molecule has 2 heteroatoms. The van der Waals surface area contributed by atoms with Gasteiger partial charge in [0, 0.05) is 21.6 Å². The smallest absolute Gasteiger partial charge is 0.0811 e. The molecule has 0 radical (unpaired) electrons. The third-order valence-corrected chi connectivity index (χ3v) is 6.91. The van der Waals surface area contributed by atoms with Gasteiger partial charge in [0.2, 0.25) is 0 Å². The lowest BCUT2D eigenvalue weighted by Crippen LogP contribution is -2.12. The second-order valence-corrected chi connectivity index (χ2v) is 7.77. The molecule has 0 N–H and O–H groups in total. The Labute approximate surface area is 121 Å². The summed E-state index contributed by atoms with van der Waals surface area (Å²) in [7, 11) is -0.967. The molecule has 4 aliphatic carbocycles. The van der Waals surface area contributed by atoms with Crippen LogP contribution in [0.1, 0.15) is 12.8 Å². The van der Waals surface area contributed by atoms with E-state index in [1.165, 1.54) is 17.7 Å². The van der Waals surface area contributed by atoms with E-state index >= 15 is 0 Å². The van der Waals surface area contributed by atoms with Crippen molar-refractivity contribution >= 4 is 10.8 Å². The van der Waals surface area contributed by atoms with Crippen LogP contribution >= 0.6 is 0 Å². The van der Waals surface area contributed by atoms with Crippen LogP contribution in [0.25, 0.3) is 0 Å². The number of hydrogen-bond donors (Lipinski definition) is 0. The predicted molar refractivity (Wildman–Crippen MR) is 80.3 cm³/mol. The standard InChI is InChI=1S/C18H16OS/c19-20(14-4-2-1-3-5-14)16-10-13-9-15(16)18-12-7-6-11(8-12)17(13)18/h1-7,10-13,15H,8-9H2/t11-,12-,13+,15-,20-/m0/s1. The maximum absolute atomic E-state index is 12.8. The maximum atomic E-state index is 12.8. The van der Waals surface area contributed by atoms with Gasteiger partial charge in [-0.15, -0.1) is 0 Å². The van der Waals surface area contributed by atoms with Crippen molar-refractivity contribution in [2.24, 2.45) is 23.7 Å². The summed E-state index contributed by atoms with van der Waals surface area (Å²) in [5, 5.41) is 0. The van der Waals surface area contributed by atoms with Crippen molar-refractivity contribution in [3.8, 4) is 0 Å². The monoisotopic (exact) mass is 280 g/mol. The van der Waals surface area contributed by atoms with Gasteiger partial charge in [0.05, 0.1) is 10.8 Å².